The quantitative estimate of drug-likeness (QED) is 0.667. The fourth-order valence-corrected chi connectivity index (χ4v) is 3.18. The van der Waals surface area contributed by atoms with Crippen molar-refractivity contribution in [3.05, 3.63) is 54.1 Å². The number of amides is 2. The molecular weight excluding hydrogens is 429 g/mol. The van der Waals surface area contributed by atoms with E-state index in [2.05, 4.69) is 17.1 Å². The molecule has 1 aromatic carbocycles. The van der Waals surface area contributed by atoms with Crippen molar-refractivity contribution < 1.29 is 14.3 Å². The molecule has 2 amide bonds. The van der Waals surface area contributed by atoms with Crippen molar-refractivity contribution in [3.8, 4) is 0 Å². The Kier molecular flexibility index (Phi) is 10.8. The van der Waals surface area contributed by atoms with Gasteiger partial charge >= 0.3 is 0 Å². The van der Waals surface area contributed by atoms with E-state index in [-0.39, 0.29) is 43.2 Å². The molecule has 1 saturated heterocycles. The third-order valence-corrected chi connectivity index (χ3v) is 4.75. The summed E-state index contributed by atoms with van der Waals surface area (Å²) < 4.78 is 7.21. The number of ether oxygens (including phenoxy) is 1. The molecule has 2 aromatic rings. The highest BCUT2D eigenvalue weighted by Gasteiger charge is 2.24. The van der Waals surface area contributed by atoms with E-state index in [4.69, 9.17) is 10.5 Å². The summed E-state index contributed by atoms with van der Waals surface area (Å²) in [6.45, 7) is 2.93. The maximum absolute atomic E-state index is 12.5. The van der Waals surface area contributed by atoms with Gasteiger partial charge < -0.3 is 24.8 Å². The number of nitrogens with zero attached hydrogens (tertiary/aromatic N) is 4. The average Bonchev–Trinajstić information content (AvgIpc) is 3.15. The SMILES string of the molecule is CN(CC(=O)N1CCOCC1)C(=O)[C@@H](N)Cc1cn(Cc2ccccc2)cn1.Cl.Cl. The van der Waals surface area contributed by atoms with Gasteiger partial charge in [0.1, 0.15) is 0 Å². The Balaban J connectivity index is 0.00000225. The average molecular weight is 458 g/mol. The molecule has 3 rings (SSSR count). The van der Waals surface area contributed by atoms with E-state index in [0.29, 0.717) is 39.3 Å². The summed E-state index contributed by atoms with van der Waals surface area (Å²) in [6, 6.07) is 9.34. The Morgan fingerprint density at radius 3 is 2.53 bits per heavy atom. The van der Waals surface area contributed by atoms with E-state index in [9.17, 15) is 9.59 Å². The molecule has 30 heavy (non-hydrogen) atoms. The van der Waals surface area contributed by atoms with Crippen molar-refractivity contribution in [2.75, 3.05) is 39.9 Å². The number of nitrogens with two attached hydrogens (primary N) is 1. The largest absolute Gasteiger partial charge is 0.378 e. The van der Waals surface area contributed by atoms with E-state index in [0.717, 1.165) is 5.69 Å². The molecule has 0 bridgehead atoms. The number of halogens is 2. The minimum atomic E-state index is -0.734. The van der Waals surface area contributed by atoms with Gasteiger partial charge in [-0.25, -0.2) is 4.98 Å². The topological polar surface area (TPSA) is 93.7 Å². The first-order valence-corrected chi connectivity index (χ1v) is 9.43. The Morgan fingerprint density at radius 1 is 1.20 bits per heavy atom. The van der Waals surface area contributed by atoms with Gasteiger partial charge in [0.05, 0.1) is 37.8 Å². The molecule has 1 aliphatic rings. The molecule has 0 spiro atoms. The molecule has 0 saturated carbocycles. The smallest absolute Gasteiger partial charge is 0.242 e. The van der Waals surface area contributed by atoms with E-state index in [1.807, 2.05) is 29.0 Å². The van der Waals surface area contributed by atoms with E-state index >= 15 is 0 Å². The predicted octanol–water partition coefficient (Wildman–Crippen LogP) is 0.962. The molecule has 0 aliphatic carbocycles. The number of hydrogen-bond donors (Lipinski definition) is 1. The van der Waals surface area contributed by atoms with Gasteiger partial charge in [-0.1, -0.05) is 30.3 Å². The molecule has 0 unspecified atom stereocenters. The number of carbonyl (C=O) groups is 2. The van der Waals surface area contributed by atoms with Crippen molar-refractivity contribution in [3.63, 3.8) is 0 Å². The van der Waals surface area contributed by atoms with E-state index in [1.165, 1.54) is 10.5 Å². The van der Waals surface area contributed by atoms with Gasteiger partial charge in [0, 0.05) is 39.3 Å². The van der Waals surface area contributed by atoms with Gasteiger partial charge in [-0.3, -0.25) is 9.59 Å². The Hall–Kier alpha value is -2.13. The fraction of sp³-hybridized carbons (Fsp3) is 0.450. The van der Waals surface area contributed by atoms with Crippen LogP contribution >= 0.6 is 24.8 Å². The molecule has 0 radical (unpaired) electrons. The highest BCUT2D eigenvalue weighted by Crippen LogP contribution is 2.07. The van der Waals surface area contributed by atoms with Crippen molar-refractivity contribution in [1.29, 1.82) is 0 Å². The second kappa shape index (κ2) is 12.5. The lowest BCUT2D eigenvalue weighted by molar-refractivity contribution is -0.142. The summed E-state index contributed by atoms with van der Waals surface area (Å²) in [5.41, 5.74) is 8.01. The van der Waals surface area contributed by atoms with Crippen LogP contribution in [0.2, 0.25) is 0 Å². The first kappa shape index (κ1) is 25.9. The van der Waals surface area contributed by atoms with Crippen molar-refractivity contribution in [2.24, 2.45) is 5.73 Å². The third-order valence-electron chi connectivity index (χ3n) is 4.75. The molecule has 2 heterocycles. The van der Waals surface area contributed by atoms with Gasteiger partial charge in [-0.05, 0) is 5.56 Å². The van der Waals surface area contributed by atoms with Gasteiger partial charge in [-0.15, -0.1) is 24.8 Å². The van der Waals surface area contributed by atoms with Crippen LogP contribution in [-0.4, -0.2) is 77.1 Å². The predicted molar refractivity (Wildman–Crippen MR) is 119 cm³/mol. The lowest BCUT2D eigenvalue weighted by Crippen LogP contribution is -2.49. The third kappa shape index (κ3) is 7.28. The van der Waals surface area contributed by atoms with Gasteiger partial charge in [-0.2, -0.15) is 0 Å². The van der Waals surface area contributed by atoms with Gasteiger partial charge in [0.2, 0.25) is 11.8 Å². The molecular formula is C20H29Cl2N5O3. The maximum Gasteiger partial charge on any atom is 0.242 e. The minimum absolute atomic E-state index is 0. The first-order chi connectivity index (χ1) is 13.5. The van der Waals surface area contributed by atoms with Crippen LogP contribution in [0.1, 0.15) is 11.3 Å². The summed E-state index contributed by atoms with van der Waals surface area (Å²) >= 11 is 0. The van der Waals surface area contributed by atoms with Crippen LogP contribution in [0.25, 0.3) is 0 Å². The van der Waals surface area contributed by atoms with Crippen LogP contribution in [-0.2, 0) is 27.3 Å². The zero-order chi connectivity index (χ0) is 19.9. The number of rotatable bonds is 7. The van der Waals surface area contributed by atoms with Crippen LogP contribution in [0.4, 0.5) is 0 Å². The van der Waals surface area contributed by atoms with Crippen molar-refractivity contribution in [2.45, 2.75) is 19.0 Å². The summed E-state index contributed by atoms with van der Waals surface area (Å²) in [4.78, 5) is 32.3. The lowest BCUT2D eigenvalue weighted by atomic mass is 10.1. The first-order valence-electron chi connectivity index (χ1n) is 9.43. The monoisotopic (exact) mass is 457 g/mol. The fourth-order valence-electron chi connectivity index (χ4n) is 3.18. The van der Waals surface area contributed by atoms with Crippen molar-refractivity contribution in [1.82, 2.24) is 19.4 Å². The number of hydrogen-bond acceptors (Lipinski definition) is 5. The summed E-state index contributed by atoms with van der Waals surface area (Å²) in [5.74, 6) is -0.349. The Labute approximate surface area is 189 Å². The van der Waals surface area contributed by atoms with Crippen LogP contribution < -0.4 is 5.73 Å². The zero-order valence-corrected chi connectivity index (χ0v) is 18.6. The van der Waals surface area contributed by atoms with Crippen molar-refractivity contribution >= 4 is 36.6 Å². The summed E-state index contributed by atoms with van der Waals surface area (Å²) in [7, 11) is 1.61. The summed E-state index contributed by atoms with van der Waals surface area (Å²) in [6.07, 6.45) is 3.97. The number of carbonyl (C=O) groups excluding carboxylic acids is 2. The van der Waals surface area contributed by atoms with Crippen LogP contribution in [0.15, 0.2) is 42.9 Å². The van der Waals surface area contributed by atoms with Crippen LogP contribution in [0.3, 0.4) is 0 Å². The maximum atomic E-state index is 12.5. The van der Waals surface area contributed by atoms with Crippen LogP contribution in [0.5, 0.6) is 0 Å². The normalized spacial score (nSPS) is 14.3. The lowest BCUT2D eigenvalue weighted by Gasteiger charge is -2.29. The second-order valence-corrected chi connectivity index (χ2v) is 7.02. The number of morpholine rings is 1. The highest BCUT2D eigenvalue weighted by molar-refractivity contribution is 5.87. The van der Waals surface area contributed by atoms with E-state index in [1.54, 1.807) is 18.3 Å². The van der Waals surface area contributed by atoms with Gasteiger partial charge in [0.15, 0.2) is 0 Å². The number of likely N-dealkylation sites (N-methyl/N-ethyl adjacent to an activating group) is 1. The molecule has 1 atom stereocenters. The molecule has 2 N–H and O–H groups in total. The molecule has 1 aliphatic heterocycles. The molecule has 1 aromatic heterocycles. The Morgan fingerprint density at radius 2 is 1.87 bits per heavy atom. The highest BCUT2D eigenvalue weighted by atomic mass is 35.5. The second-order valence-electron chi connectivity index (χ2n) is 7.02. The summed E-state index contributed by atoms with van der Waals surface area (Å²) in [5, 5.41) is 0. The Bertz CT molecular complexity index is 797. The number of benzene rings is 1. The minimum Gasteiger partial charge on any atom is -0.378 e. The molecule has 8 nitrogen and oxygen atoms in total. The molecule has 10 heteroatoms. The molecule has 166 valence electrons. The number of aromatic nitrogens is 2. The van der Waals surface area contributed by atoms with Gasteiger partial charge in [0.25, 0.3) is 0 Å². The number of imidazole rings is 1. The van der Waals surface area contributed by atoms with E-state index < -0.39 is 6.04 Å². The van der Waals surface area contributed by atoms with Crippen LogP contribution in [0, 0.1) is 0 Å². The molecule has 1 fully saturated rings. The zero-order valence-electron chi connectivity index (χ0n) is 17.0. The standard InChI is InChI=1S/C20H27N5O3.2ClH/c1-23(14-19(26)25-7-9-28-10-8-25)20(27)18(21)11-17-13-24(15-22-17)12-16-5-3-2-4-6-16;;/h2-6,13,15,18H,7-12,14,21H2,1H3;2*1H/t18-;;/m0../s1.